The Kier molecular flexibility index (Phi) is 5.40. The maximum Gasteiger partial charge on any atom is 0.319 e. The quantitative estimate of drug-likeness (QED) is 0.812. The van der Waals surface area contributed by atoms with Crippen molar-refractivity contribution >= 4 is 12.0 Å². The van der Waals surface area contributed by atoms with E-state index >= 15 is 0 Å². The highest BCUT2D eigenvalue weighted by Gasteiger charge is 2.29. The minimum Gasteiger partial charge on any atom is -0.481 e. The van der Waals surface area contributed by atoms with Crippen molar-refractivity contribution in [3.63, 3.8) is 0 Å². The van der Waals surface area contributed by atoms with Gasteiger partial charge < -0.3 is 19.6 Å². The van der Waals surface area contributed by atoms with Gasteiger partial charge in [0.1, 0.15) is 0 Å². The summed E-state index contributed by atoms with van der Waals surface area (Å²) in [5.74, 6) is -1.25. The van der Waals surface area contributed by atoms with Crippen molar-refractivity contribution in [2.45, 2.75) is 25.9 Å². The van der Waals surface area contributed by atoms with Crippen LogP contribution in [-0.4, -0.2) is 66.8 Å². The Morgan fingerprint density at radius 1 is 1.56 bits per heavy atom. The van der Waals surface area contributed by atoms with Crippen molar-refractivity contribution in [3.8, 4) is 0 Å². The first-order valence-corrected chi connectivity index (χ1v) is 6.21. The summed E-state index contributed by atoms with van der Waals surface area (Å²) in [7, 11) is 3.31. The highest BCUT2D eigenvalue weighted by atomic mass is 16.5. The smallest absolute Gasteiger partial charge is 0.319 e. The lowest BCUT2D eigenvalue weighted by molar-refractivity contribution is -0.143. The summed E-state index contributed by atoms with van der Waals surface area (Å²) in [6.07, 6.45) is 1.37. The van der Waals surface area contributed by atoms with Crippen LogP contribution in [0.5, 0.6) is 0 Å². The molecule has 6 heteroatoms. The van der Waals surface area contributed by atoms with Crippen molar-refractivity contribution in [2.75, 3.05) is 33.8 Å². The number of ether oxygens (including phenoxy) is 1. The SMILES string of the molecule is COC(C)CN(C)C(=O)N1CCC[C@@H](C(=O)O)C1. The Morgan fingerprint density at radius 3 is 2.78 bits per heavy atom. The third-order valence-electron chi connectivity index (χ3n) is 3.30. The van der Waals surface area contributed by atoms with Crippen LogP contribution in [0, 0.1) is 5.92 Å². The molecule has 1 fully saturated rings. The molecule has 1 unspecified atom stereocenters. The maximum atomic E-state index is 12.1. The van der Waals surface area contributed by atoms with Gasteiger partial charge in [0.05, 0.1) is 12.0 Å². The Morgan fingerprint density at radius 2 is 2.22 bits per heavy atom. The molecule has 0 spiro atoms. The topological polar surface area (TPSA) is 70.1 Å². The van der Waals surface area contributed by atoms with Gasteiger partial charge in [-0.25, -0.2) is 4.79 Å². The summed E-state index contributed by atoms with van der Waals surface area (Å²) in [5.41, 5.74) is 0. The maximum absolute atomic E-state index is 12.1. The molecule has 0 bridgehead atoms. The van der Waals surface area contributed by atoms with Crippen LogP contribution in [0.2, 0.25) is 0 Å². The van der Waals surface area contributed by atoms with Gasteiger partial charge in [0.25, 0.3) is 0 Å². The van der Waals surface area contributed by atoms with Gasteiger partial charge >= 0.3 is 12.0 Å². The first-order chi connectivity index (χ1) is 8.45. The number of piperidine rings is 1. The molecule has 0 saturated carbocycles. The van der Waals surface area contributed by atoms with Crippen LogP contribution < -0.4 is 0 Å². The second kappa shape index (κ2) is 6.58. The van der Waals surface area contributed by atoms with Crippen molar-refractivity contribution in [1.29, 1.82) is 0 Å². The van der Waals surface area contributed by atoms with Crippen LogP contribution >= 0.6 is 0 Å². The molecular formula is C12H22N2O4. The third kappa shape index (κ3) is 3.87. The second-order valence-electron chi connectivity index (χ2n) is 4.83. The average molecular weight is 258 g/mol. The number of hydrogen-bond donors (Lipinski definition) is 1. The van der Waals surface area contributed by atoms with Gasteiger partial charge in [-0.05, 0) is 19.8 Å². The van der Waals surface area contributed by atoms with Gasteiger partial charge in [0.2, 0.25) is 0 Å². The van der Waals surface area contributed by atoms with E-state index in [1.54, 1.807) is 24.0 Å². The summed E-state index contributed by atoms with van der Waals surface area (Å²) in [5, 5.41) is 8.99. The molecule has 1 N–H and O–H groups in total. The minimum absolute atomic E-state index is 0.0287. The fourth-order valence-electron chi connectivity index (χ4n) is 2.13. The zero-order valence-corrected chi connectivity index (χ0v) is 11.3. The van der Waals surface area contributed by atoms with Crippen molar-refractivity contribution in [1.82, 2.24) is 9.80 Å². The number of aliphatic carboxylic acids is 1. The van der Waals surface area contributed by atoms with Gasteiger partial charge in [0, 0.05) is 33.8 Å². The number of likely N-dealkylation sites (N-methyl/N-ethyl adjacent to an activating group) is 1. The minimum atomic E-state index is -0.819. The molecule has 1 heterocycles. The van der Waals surface area contributed by atoms with Gasteiger partial charge in [0.15, 0.2) is 0 Å². The number of likely N-dealkylation sites (tertiary alicyclic amines) is 1. The summed E-state index contributed by atoms with van der Waals surface area (Å²) >= 11 is 0. The average Bonchev–Trinajstić information content (AvgIpc) is 2.37. The standard InChI is InChI=1S/C12H22N2O4/c1-9(18-3)7-13(2)12(17)14-6-4-5-10(8-14)11(15)16/h9-10H,4-8H2,1-3H3,(H,15,16)/t9?,10-/m1/s1. The number of methoxy groups -OCH3 is 1. The van der Waals surface area contributed by atoms with E-state index in [0.29, 0.717) is 26.1 Å². The van der Waals surface area contributed by atoms with Crippen LogP contribution in [0.3, 0.4) is 0 Å². The molecule has 6 nitrogen and oxygen atoms in total. The van der Waals surface area contributed by atoms with Crippen LogP contribution in [0.4, 0.5) is 4.79 Å². The van der Waals surface area contributed by atoms with E-state index in [4.69, 9.17) is 9.84 Å². The zero-order valence-electron chi connectivity index (χ0n) is 11.3. The van der Waals surface area contributed by atoms with E-state index in [9.17, 15) is 9.59 Å². The second-order valence-corrected chi connectivity index (χ2v) is 4.83. The predicted octanol–water partition coefficient (Wildman–Crippen LogP) is 0.870. The molecule has 0 radical (unpaired) electrons. The number of carboxylic acid groups (broad SMARTS) is 1. The summed E-state index contributed by atoms with van der Waals surface area (Å²) in [6.45, 7) is 3.33. The highest BCUT2D eigenvalue weighted by molar-refractivity contribution is 5.76. The largest absolute Gasteiger partial charge is 0.481 e. The lowest BCUT2D eigenvalue weighted by atomic mass is 9.99. The van der Waals surface area contributed by atoms with E-state index in [-0.39, 0.29) is 12.1 Å². The lowest BCUT2D eigenvalue weighted by Crippen LogP contribution is -2.49. The number of amides is 2. The van der Waals surface area contributed by atoms with E-state index in [0.717, 1.165) is 6.42 Å². The molecule has 0 aromatic heterocycles. The van der Waals surface area contributed by atoms with Crippen LogP contribution in [-0.2, 0) is 9.53 Å². The Labute approximate surface area is 107 Å². The molecule has 18 heavy (non-hydrogen) atoms. The van der Waals surface area contributed by atoms with Crippen molar-refractivity contribution in [3.05, 3.63) is 0 Å². The fraction of sp³-hybridized carbons (Fsp3) is 0.833. The predicted molar refractivity (Wildman–Crippen MR) is 66.4 cm³/mol. The van der Waals surface area contributed by atoms with Gasteiger partial charge in [-0.3, -0.25) is 4.79 Å². The Hall–Kier alpha value is -1.30. The van der Waals surface area contributed by atoms with E-state index in [1.807, 2.05) is 6.92 Å². The molecule has 104 valence electrons. The highest BCUT2D eigenvalue weighted by Crippen LogP contribution is 2.17. The molecular weight excluding hydrogens is 236 g/mol. The number of carboxylic acids is 1. The van der Waals surface area contributed by atoms with Gasteiger partial charge in [-0.1, -0.05) is 0 Å². The molecule has 2 atom stereocenters. The summed E-state index contributed by atoms with van der Waals surface area (Å²) in [6, 6.07) is -0.121. The summed E-state index contributed by atoms with van der Waals surface area (Å²) in [4.78, 5) is 26.3. The van der Waals surface area contributed by atoms with Crippen molar-refractivity contribution in [2.24, 2.45) is 5.92 Å². The van der Waals surface area contributed by atoms with E-state index < -0.39 is 11.9 Å². The molecule has 0 aromatic carbocycles. The Bertz CT molecular complexity index is 308. The molecule has 1 saturated heterocycles. The fourth-order valence-corrected chi connectivity index (χ4v) is 2.13. The number of carbonyl (C=O) groups is 2. The first-order valence-electron chi connectivity index (χ1n) is 6.21. The van der Waals surface area contributed by atoms with E-state index in [2.05, 4.69) is 0 Å². The first kappa shape index (κ1) is 14.8. The number of hydrogen-bond acceptors (Lipinski definition) is 3. The van der Waals surface area contributed by atoms with Gasteiger partial charge in [-0.15, -0.1) is 0 Å². The van der Waals surface area contributed by atoms with Gasteiger partial charge in [-0.2, -0.15) is 0 Å². The number of carbonyl (C=O) groups excluding carboxylic acids is 1. The number of nitrogens with zero attached hydrogens (tertiary/aromatic N) is 2. The van der Waals surface area contributed by atoms with Crippen LogP contribution in [0.1, 0.15) is 19.8 Å². The third-order valence-corrected chi connectivity index (χ3v) is 3.30. The number of rotatable bonds is 4. The molecule has 1 rings (SSSR count). The molecule has 1 aliphatic heterocycles. The molecule has 1 aliphatic rings. The zero-order chi connectivity index (χ0) is 13.7. The lowest BCUT2D eigenvalue weighted by Gasteiger charge is -2.34. The van der Waals surface area contributed by atoms with Crippen molar-refractivity contribution < 1.29 is 19.4 Å². The molecule has 0 aliphatic carbocycles. The normalized spacial score (nSPS) is 21.5. The molecule has 0 aromatic rings. The Balaban J connectivity index is 2.52. The number of urea groups is 1. The molecule has 2 amide bonds. The van der Waals surface area contributed by atoms with Crippen LogP contribution in [0.25, 0.3) is 0 Å². The van der Waals surface area contributed by atoms with Crippen LogP contribution in [0.15, 0.2) is 0 Å². The summed E-state index contributed by atoms with van der Waals surface area (Å²) < 4.78 is 5.11. The monoisotopic (exact) mass is 258 g/mol. The van der Waals surface area contributed by atoms with E-state index in [1.165, 1.54) is 0 Å².